The molecule has 6 heteroatoms. The first kappa shape index (κ1) is 14.3. The van der Waals surface area contributed by atoms with E-state index in [2.05, 4.69) is 26.2 Å². The van der Waals surface area contributed by atoms with Crippen molar-refractivity contribution in [3.8, 4) is 0 Å². The number of halogens is 3. The van der Waals surface area contributed by atoms with Crippen molar-refractivity contribution in [2.45, 2.75) is 6.42 Å². The molecular formula is C13H9BrCl2N2O. The third-order valence-corrected chi connectivity index (χ3v) is 3.49. The number of aromatic nitrogens is 1. The van der Waals surface area contributed by atoms with Crippen LogP contribution in [0.1, 0.15) is 5.56 Å². The molecule has 1 aromatic heterocycles. The normalized spacial score (nSPS) is 10.3. The van der Waals surface area contributed by atoms with E-state index in [0.29, 0.717) is 10.7 Å². The summed E-state index contributed by atoms with van der Waals surface area (Å²) in [7, 11) is 0. The molecule has 0 unspecified atom stereocenters. The van der Waals surface area contributed by atoms with Gasteiger partial charge in [0.1, 0.15) is 0 Å². The summed E-state index contributed by atoms with van der Waals surface area (Å²) in [4.78, 5) is 15.9. The van der Waals surface area contributed by atoms with Gasteiger partial charge in [-0.2, -0.15) is 0 Å². The number of nitrogens with one attached hydrogen (secondary N) is 1. The molecule has 3 nitrogen and oxygen atoms in total. The zero-order chi connectivity index (χ0) is 13.8. The van der Waals surface area contributed by atoms with E-state index in [4.69, 9.17) is 23.2 Å². The van der Waals surface area contributed by atoms with Gasteiger partial charge < -0.3 is 5.32 Å². The number of hydrogen-bond donors (Lipinski definition) is 1. The summed E-state index contributed by atoms with van der Waals surface area (Å²) in [5.74, 6) is -0.199. The Kier molecular flexibility index (Phi) is 4.80. The largest absolute Gasteiger partial charge is 0.323 e. The van der Waals surface area contributed by atoms with Crippen LogP contribution in [0.4, 0.5) is 5.69 Å². The molecule has 1 aromatic carbocycles. The number of pyridine rings is 1. The molecule has 0 bridgehead atoms. The fraction of sp³-hybridized carbons (Fsp3) is 0.0769. The molecular weight excluding hydrogens is 351 g/mol. The fourth-order valence-electron chi connectivity index (χ4n) is 1.52. The second-order valence-electron chi connectivity index (χ2n) is 3.81. The number of hydrogen-bond acceptors (Lipinski definition) is 2. The van der Waals surface area contributed by atoms with Gasteiger partial charge in [-0.3, -0.25) is 4.79 Å². The molecule has 0 saturated carbocycles. The molecule has 1 N–H and O–H groups in total. The van der Waals surface area contributed by atoms with E-state index >= 15 is 0 Å². The van der Waals surface area contributed by atoms with Gasteiger partial charge in [-0.25, -0.2) is 4.98 Å². The van der Waals surface area contributed by atoms with Crippen molar-refractivity contribution >= 4 is 50.7 Å². The second kappa shape index (κ2) is 6.37. The number of anilines is 1. The summed E-state index contributed by atoms with van der Waals surface area (Å²) in [6, 6.07) is 8.90. The Morgan fingerprint density at radius 2 is 2.05 bits per heavy atom. The van der Waals surface area contributed by atoms with Gasteiger partial charge in [-0.05, 0) is 33.6 Å². The molecule has 19 heavy (non-hydrogen) atoms. The van der Waals surface area contributed by atoms with Crippen LogP contribution in [0, 0.1) is 0 Å². The Labute approximate surface area is 129 Å². The molecule has 2 rings (SSSR count). The molecule has 0 spiro atoms. The van der Waals surface area contributed by atoms with Gasteiger partial charge in [-0.1, -0.05) is 41.4 Å². The average Bonchev–Trinajstić information content (AvgIpc) is 2.37. The summed E-state index contributed by atoms with van der Waals surface area (Å²) in [5, 5.41) is 3.52. The first-order valence-corrected chi connectivity index (χ1v) is 6.95. The van der Waals surface area contributed by atoms with Gasteiger partial charge >= 0.3 is 0 Å². The number of carbonyl (C=O) groups excluding carboxylic acids is 1. The molecule has 0 radical (unpaired) electrons. The number of nitrogens with zero attached hydrogens (tertiary/aromatic N) is 1. The Balaban J connectivity index is 2.10. The van der Waals surface area contributed by atoms with Gasteiger partial charge in [0, 0.05) is 15.7 Å². The van der Waals surface area contributed by atoms with Crippen molar-refractivity contribution in [2.75, 3.05) is 5.32 Å². The Hall–Kier alpha value is -1.10. The minimum absolute atomic E-state index is 0.183. The summed E-state index contributed by atoms with van der Waals surface area (Å²) < 4.78 is 0.741. The molecule has 2 aromatic rings. The van der Waals surface area contributed by atoms with E-state index in [1.165, 1.54) is 0 Å². The quantitative estimate of drug-likeness (QED) is 0.828. The van der Waals surface area contributed by atoms with Crippen molar-refractivity contribution in [3.63, 3.8) is 0 Å². The third-order valence-electron chi connectivity index (χ3n) is 2.39. The highest BCUT2D eigenvalue weighted by Gasteiger charge is 2.10. The highest BCUT2D eigenvalue weighted by molar-refractivity contribution is 9.10. The van der Waals surface area contributed by atoms with Crippen molar-refractivity contribution in [1.82, 2.24) is 4.98 Å². The van der Waals surface area contributed by atoms with Crippen molar-refractivity contribution in [1.29, 1.82) is 0 Å². The average molecular weight is 360 g/mol. The summed E-state index contributed by atoms with van der Waals surface area (Å²) in [5.41, 5.74) is 1.23. The van der Waals surface area contributed by atoms with Gasteiger partial charge in [0.15, 0.2) is 5.15 Å². The molecule has 1 amide bonds. The summed E-state index contributed by atoms with van der Waals surface area (Å²) in [6.07, 6.45) is 1.74. The molecule has 0 atom stereocenters. The number of carbonyl (C=O) groups is 1. The lowest BCUT2D eigenvalue weighted by Crippen LogP contribution is -2.15. The minimum atomic E-state index is -0.199. The van der Waals surface area contributed by atoms with E-state index < -0.39 is 0 Å². The number of amides is 1. The van der Waals surface area contributed by atoms with E-state index in [0.717, 1.165) is 10.0 Å². The maximum atomic E-state index is 11.9. The van der Waals surface area contributed by atoms with Gasteiger partial charge in [-0.15, -0.1) is 0 Å². The van der Waals surface area contributed by atoms with Crippen LogP contribution in [0.2, 0.25) is 10.2 Å². The zero-order valence-electron chi connectivity index (χ0n) is 9.66. The van der Waals surface area contributed by atoms with Gasteiger partial charge in [0.05, 0.1) is 12.1 Å². The first-order chi connectivity index (χ1) is 9.06. The Morgan fingerprint density at radius 3 is 2.79 bits per heavy atom. The van der Waals surface area contributed by atoms with Crippen molar-refractivity contribution in [2.24, 2.45) is 0 Å². The van der Waals surface area contributed by atoms with Gasteiger partial charge in [0.2, 0.25) is 5.91 Å². The maximum Gasteiger partial charge on any atom is 0.228 e. The monoisotopic (exact) mass is 358 g/mol. The fourth-order valence-corrected chi connectivity index (χ4v) is 2.20. The molecule has 1 heterocycles. The standard InChI is InChI=1S/C13H9BrCl2N2O/c14-9-6-11(13(16)17-7-9)18-12(19)5-8-3-1-2-4-10(8)15/h1-4,6-7H,5H2,(H,18,19). The lowest BCUT2D eigenvalue weighted by Gasteiger charge is -2.08. The highest BCUT2D eigenvalue weighted by Crippen LogP contribution is 2.23. The topological polar surface area (TPSA) is 42.0 Å². The predicted octanol–water partition coefficient (Wildman–Crippen LogP) is 4.33. The molecule has 0 saturated heterocycles. The Bertz CT molecular complexity index is 619. The lowest BCUT2D eigenvalue weighted by molar-refractivity contribution is -0.115. The maximum absolute atomic E-state index is 11.9. The predicted molar refractivity (Wildman–Crippen MR) is 80.7 cm³/mol. The van der Waals surface area contributed by atoms with Crippen LogP contribution < -0.4 is 5.32 Å². The smallest absolute Gasteiger partial charge is 0.228 e. The SMILES string of the molecule is O=C(Cc1ccccc1Cl)Nc1cc(Br)cnc1Cl. The second-order valence-corrected chi connectivity index (χ2v) is 5.49. The first-order valence-electron chi connectivity index (χ1n) is 5.40. The third kappa shape index (κ3) is 3.93. The van der Waals surface area contributed by atoms with Crippen LogP contribution in [0.3, 0.4) is 0 Å². The molecule has 0 fully saturated rings. The van der Waals surface area contributed by atoms with E-state index in [9.17, 15) is 4.79 Å². The van der Waals surface area contributed by atoms with Crippen molar-refractivity contribution < 1.29 is 4.79 Å². The van der Waals surface area contributed by atoms with Gasteiger partial charge in [0.25, 0.3) is 0 Å². The van der Waals surface area contributed by atoms with Crippen LogP contribution in [0.25, 0.3) is 0 Å². The lowest BCUT2D eigenvalue weighted by atomic mass is 10.1. The summed E-state index contributed by atoms with van der Waals surface area (Å²) >= 11 is 15.2. The molecule has 0 aliphatic rings. The van der Waals surface area contributed by atoms with E-state index in [1.807, 2.05) is 18.2 Å². The van der Waals surface area contributed by atoms with Crippen LogP contribution in [-0.4, -0.2) is 10.9 Å². The zero-order valence-corrected chi connectivity index (χ0v) is 12.8. The van der Waals surface area contributed by atoms with Crippen LogP contribution in [-0.2, 0) is 11.2 Å². The summed E-state index contributed by atoms with van der Waals surface area (Å²) in [6.45, 7) is 0. The molecule has 0 aliphatic heterocycles. The van der Waals surface area contributed by atoms with E-state index in [1.54, 1.807) is 18.3 Å². The Morgan fingerprint density at radius 1 is 1.32 bits per heavy atom. The highest BCUT2D eigenvalue weighted by atomic mass is 79.9. The van der Waals surface area contributed by atoms with Crippen LogP contribution >= 0.6 is 39.1 Å². The molecule has 98 valence electrons. The minimum Gasteiger partial charge on any atom is -0.323 e. The van der Waals surface area contributed by atoms with Crippen LogP contribution in [0.5, 0.6) is 0 Å². The van der Waals surface area contributed by atoms with Crippen LogP contribution in [0.15, 0.2) is 41.0 Å². The van der Waals surface area contributed by atoms with E-state index in [-0.39, 0.29) is 17.5 Å². The molecule has 0 aliphatic carbocycles. The van der Waals surface area contributed by atoms with Crippen molar-refractivity contribution in [3.05, 3.63) is 56.7 Å². The number of rotatable bonds is 3. The number of benzene rings is 1.